The van der Waals surface area contributed by atoms with E-state index in [-0.39, 0.29) is 36.7 Å². The molecule has 0 spiro atoms. The highest BCUT2D eigenvalue weighted by Crippen LogP contribution is 2.69. The molecule has 4 aliphatic carbocycles. The van der Waals surface area contributed by atoms with Gasteiger partial charge in [0.1, 0.15) is 18.3 Å². The maximum Gasteiger partial charge on any atom is 0.161 e. The number of fused-ring (bicyclic) bond motifs is 5. The van der Waals surface area contributed by atoms with Gasteiger partial charge in [0.2, 0.25) is 0 Å². The van der Waals surface area contributed by atoms with Crippen LogP contribution in [0.5, 0.6) is 0 Å². The van der Waals surface area contributed by atoms with Crippen molar-refractivity contribution in [3.8, 4) is 0 Å². The Labute approximate surface area is 297 Å². The minimum Gasteiger partial charge on any atom is -0.392 e. The molecule has 12 heteroatoms. The number of hydrogen-bond donors (Lipinski definition) is 6. The number of ether oxygens (including phenoxy) is 6. The molecule has 3 heterocycles. The van der Waals surface area contributed by atoms with Crippen LogP contribution < -0.4 is 0 Å². The van der Waals surface area contributed by atoms with Gasteiger partial charge in [0, 0.05) is 24.7 Å². The summed E-state index contributed by atoms with van der Waals surface area (Å²) in [4.78, 5) is 0. The standard InChI is InChI=1S/C38H64O12/c1-18-9-12-38(44)24-8-7-22-13-23(10-11-36(22,5)25(24)14-29(42)37(18,38)6)48-30-16-27(40)34(20(3)46-30)50-32-17-28(41)35(21(4)47-32)49-31-15-26(39)33(43)19(2)45-31/h18-35,39-44H,7-17H2,1-6H3/t18-,19?,20?,21?,22+,23-,24+,25-,26+,27+,28+,29+,30-,31-,32+,33?,34?,35?,36-,37-,38-/m0/s1. The summed E-state index contributed by atoms with van der Waals surface area (Å²) < 4.78 is 36.8. The van der Waals surface area contributed by atoms with E-state index in [1.165, 1.54) is 0 Å². The lowest BCUT2D eigenvalue weighted by molar-refractivity contribution is -0.336. The van der Waals surface area contributed by atoms with Gasteiger partial charge in [-0.05, 0) is 101 Å². The summed E-state index contributed by atoms with van der Waals surface area (Å²) in [5.74, 6) is 1.28. The summed E-state index contributed by atoms with van der Waals surface area (Å²) >= 11 is 0. The van der Waals surface area contributed by atoms with Gasteiger partial charge in [0.25, 0.3) is 0 Å². The fourth-order valence-electron chi connectivity index (χ4n) is 11.9. The molecule has 21 atom stereocenters. The van der Waals surface area contributed by atoms with E-state index in [4.69, 9.17) is 28.4 Å². The first-order valence-electron chi connectivity index (χ1n) is 19.6. The highest BCUT2D eigenvalue weighted by atomic mass is 16.7. The molecule has 0 bridgehead atoms. The summed E-state index contributed by atoms with van der Waals surface area (Å²) in [5, 5.41) is 66.0. The molecule has 3 aliphatic heterocycles. The van der Waals surface area contributed by atoms with Gasteiger partial charge in [-0.2, -0.15) is 0 Å². The zero-order valence-corrected chi connectivity index (χ0v) is 30.8. The van der Waals surface area contributed by atoms with Crippen molar-refractivity contribution in [3.63, 3.8) is 0 Å². The average Bonchev–Trinajstić information content (AvgIpc) is 3.30. The minimum atomic E-state index is -0.993. The van der Waals surface area contributed by atoms with Crippen molar-refractivity contribution in [3.05, 3.63) is 0 Å². The zero-order valence-electron chi connectivity index (χ0n) is 30.8. The molecule has 6 N–H and O–H groups in total. The van der Waals surface area contributed by atoms with Gasteiger partial charge in [0.05, 0.1) is 54.4 Å². The smallest absolute Gasteiger partial charge is 0.161 e. The van der Waals surface area contributed by atoms with Crippen LogP contribution in [0.3, 0.4) is 0 Å². The fourth-order valence-corrected chi connectivity index (χ4v) is 11.9. The van der Waals surface area contributed by atoms with Gasteiger partial charge in [0.15, 0.2) is 18.9 Å². The summed E-state index contributed by atoms with van der Waals surface area (Å²) in [6.45, 7) is 12.0. The molecule has 6 unspecified atom stereocenters. The second kappa shape index (κ2) is 14.0. The highest BCUT2D eigenvalue weighted by Gasteiger charge is 2.69. The van der Waals surface area contributed by atoms with Gasteiger partial charge in [-0.25, -0.2) is 0 Å². The van der Waals surface area contributed by atoms with Crippen LogP contribution in [0.15, 0.2) is 0 Å². The quantitative estimate of drug-likeness (QED) is 0.223. The van der Waals surface area contributed by atoms with Crippen LogP contribution in [0.2, 0.25) is 0 Å². The van der Waals surface area contributed by atoms with Crippen molar-refractivity contribution >= 4 is 0 Å². The molecule has 0 aromatic carbocycles. The Hall–Kier alpha value is -0.480. The van der Waals surface area contributed by atoms with Crippen LogP contribution in [-0.2, 0) is 28.4 Å². The number of hydrogen-bond acceptors (Lipinski definition) is 12. The largest absolute Gasteiger partial charge is 0.392 e. The molecule has 50 heavy (non-hydrogen) atoms. The lowest BCUT2D eigenvalue weighted by Gasteiger charge is -2.65. The summed E-state index contributed by atoms with van der Waals surface area (Å²) in [5.41, 5.74) is -1.19. The lowest BCUT2D eigenvalue weighted by atomic mass is 9.43. The van der Waals surface area contributed by atoms with Crippen molar-refractivity contribution in [2.45, 2.75) is 204 Å². The lowest BCUT2D eigenvalue weighted by Crippen LogP contribution is -2.66. The fraction of sp³-hybridized carbons (Fsp3) is 1.00. The molecular weight excluding hydrogens is 648 g/mol. The van der Waals surface area contributed by atoms with Gasteiger partial charge >= 0.3 is 0 Å². The van der Waals surface area contributed by atoms with Crippen LogP contribution >= 0.6 is 0 Å². The van der Waals surface area contributed by atoms with Crippen molar-refractivity contribution in [2.75, 3.05) is 0 Å². The van der Waals surface area contributed by atoms with E-state index >= 15 is 0 Å². The summed E-state index contributed by atoms with van der Waals surface area (Å²) in [6, 6.07) is 0. The number of aliphatic hydroxyl groups is 6. The molecule has 0 amide bonds. The van der Waals surface area contributed by atoms with Crippen LogP contribution in [0.4, 0.5) is 0 Å². The van der Waals surface area contributed by atoms with Crippen molar-refractivity contribution < 1.29 is 59.1 Å². The van der Waals surface area contributed by atoms with E-state index in [9.17, 15) is 30.6 Å². The van der Waals surface area contributed by atoms with E-state index in [1.54, 1.807) is 13.8 Å². The van der Waals surface area contributed by atoms with E-state index in [1.807, 2.05) is 6.92 Å². The van der Waals surface area contributed by atoms with Crippen molar-refractivity contribution in [1.29, 1.82) is 0 Å². The van der Waals surface area contributed by atoms with E-state index < -0.39 is 90.9 Å². The number of rotatable bonds is 6. The molecule has 12 nitrogen and oxygen atoms in total. The van der Waals surface area contributed by atoms with E-state index in [0.29, 0.717) is 17.8 Å². The molecule has 0 radical (unpaired) electrons. The molecular formula is C38H64O12. The summed E-state index contributed by atoms with van der Waals surface area (Å²) in [7, 11) is 0. The van der Waals surface area contributed by atoms with Gasteiger partial charge < -0.3 is 59.1 Å². The second-order valence-corrected chi connectivity index (χ2v) is 17.8. The first-order valence-corrected chi connectivity index (χ1v) is 19.6. The predicted molar refractivity (Wildman–Crippen MR) is 179 cm³/mol. The molecule has 0 aromatic heterocycles. The number of aliphatic hydroxyl groups excluding tert-OH is 5. The van der Waals surface area contributed by atoms with Crippen LogP contribution in [0.25, 0.3) is 0 Å². The molecule has 288 valence electrons. The third-order valence-corrected chi connectivity index (χ3v) is 15.3. The van der Waals surface area contributed by atoms with Crippen LogP contribution in [0, 0.1) is 34.5 Å². The zero-order chi connectivity index (χ0) is 35.9. The molecule has 7 rings (SSSR count). The van der Waals surface area contributed by atoms with E-state index in [2.05, 4.69) is 20.8 Å². The highest BCUT2D eigenvalue weighted by molar-refractivity contribution is 5.19. The molecule has 3 saturated heterocycles. The van der Waals surface area contributed by atoms with Gasteiger partial charge in [-0.3, -0.25) is 0 Å². The molecule has 7 fully saturated rings. The maximum atomic E-state index is 12.2. The normalized spacial score (nSPS) is 58.6. The maximum absolute atomic E-state index is 12.2. The Balaban J connectivity index is 0.902. The summed E-state index contributed by atoms with van der Waals surface area (Å²) in [6.07, 6.45) is -1.61. The van der Waals surface area contributed by atoms with Gasteiger partial charge in [-0.1, -0.05) is 20.8 Å². The van der Waals surface area contributed by atoms with Crippen molar-refractivity contribution in [1.82, 2.24) is 0 Å². The first-order chi connectivity index (χ1) is 23.5. The Morgan fingerprint density at radius 2 is 1.14 bits per heavy atom. The molecule has 7 aliphatic rings. The topological polar surface area (TPSA) is 177 Å². The Morgan fingerprint density at radius 1 is 0.580 bits per heavy atom. The van der Waals surface area contributed by atoms with Crippen molar-refractivity contribution in [2.24, 2.45) is 34.5 Å². The monoisotopic (exact) mass is 712 g/mol. The average molecular weight is 713 g/mol. The Kier molecular flexibility index (Phi) is 10.6. The Morgan fingerprint density at radius 3 is 1.72 bits per heavy atom. The second-order valence-electron chi connectivity index (χ2n) is 17.8. The first kappa shape index (κ1) is 37.8. The predicted octanol–water partition coefficient (Wildman–Crippen LogP) is 2.75. The SMILES string of the molecule is CC1O[C@@H](OC2C(C)O[C@H](OC3C(C)O[C@@H](O[C@H]4CC[C@@]5(C)[C@H](CC[C@@H]6[C@@H]5C[C@@H](O)[C@]5(C)[C@@H](C)CC[C@]65O)C4)C[C@H]3O)C[C@H]2O)C[C@@H](O)C1O. The van der Waals surface area contributed by atoms with Crippen LogP contribution in [-0.4, -0.2) is 122 Å². The van der Waals surface area contributed by atoms with Crippen LogP contribution in [0.1, 0.15) is 112 Å². The molecule has 4 saturated carbocycles. The third-order valence-electron chi connectivity index (χ3n) is 15.3. The van der Waals surface area contributed by atoms with E-state index in [0.717, 1.165) is 51.4 Å². The molecule has 0 aromatic rings. The Bertz CT molecular complexity index is 1160. The van der Waals surface area contributed by atoms with Gasteiger partial charge in [-0.15, -0.1) is 0 Å². The minimum absolute atomic E-state index is 0.00924. The third kappa shape index (κ3) is 6.32.